The van der Waals surface area contributed by atoms with Crippen molar-refractivity contribution in [2.75, 3.05) is 0 Å². The molecule has 0 bridgehead atoms. The second-order valence-electron chi connectivity index (χ2n) is 12.0. The topological polar surface area (TPSA) is 0 Å². The van der Waals surface area contributed by atoms with Gasteiger partial charge in [-0.15, -0.1) is 5.19 Å². The Hall–Kier alpha value is -1.19. The first-order chi connectivity index (χ1) is 17.5. The summed E-state index contributed by atoms with van der Waals surface area (Å²) >= 11 is 0. The minimum Gasteiger partial charge on any atom is -1.00 e. The summed E-state index contributed by atoms with van der Waals surface area (Å²) in [4.78, 5) is 0. The SMILES string of the molecule is Cc1c(C)c(C)[c-]([Si](c2cccc(C(C)C)c2)(c2cccc(C(C)C)c2)c2cccc(C(C)C)c2)c1C.[Cl-].[Cl-].[Cl-].[Ti+4]. The molecule has 4 rings (SSSR count). The molecule has 218 valence electrons. The van der Waals surface area contributed by atoms with E-state index in [1.54, 1.807) is 5.19 Å². The molecule has 0 radical (unpaired) electrons. The molecule has 0 atom stereocenters. The molecule has 0 unspecified atom stereocenters. The number of hydrogen-bond acceptors (Lipinski definition) is 0. The van der Waals surface area contributed by atoms with Crippen LogP contribution >= 0.6 is 0 Å². The first-order valence-corrected chi connectivity index (χ1v) is 16.0. The van der Waals surface area contributed by atoms with Gasteiger partial charge >= 0.3 is 21.7 Å². The van der Waals surface area contributed by atoms with E-state index < -0.39 is 8.07 Å². The predicted octanol–water partition coefficient (Wildman–Crippen LogP) is -1.60. The molecule has 0 nitrogen and oxygen atoms in total. The summed E-state index contributed by atoms with van der Waals surface area (Å²) in [5.74, 6) is 1.46. The van der Waals surface area contributed by atoms with Crippen LogP contribution in [-0.2, 0) is 21.7 Å². The van der Waals surface area contributed by atoms with Gasteiger partial charge in [-0.1, -0.05) is 158 Å². The van der Waals surface area contributed by atoms with Gasteiger partial charge in [0, 0.05) is 0 Å². The van der Waals surface area contributed by atoms with Crippen LogP contribution in [0.2, 0.25) is 0 Å². The normalized spacial score (nSPS) is 11.0. The smallest absolute Gasteiger partial charge is 1.00 e. The Morgan fingerprint density at radius 2 is 0.756 bits per heavy atom. The largest absolute Gasteiger partial charge is 4.00 e. The number of benzene rings is 3. The molecule has 4 aromatic rings. The Labute approximate surface area is 284 Å². The van der Waals surface area contributed by atoms with E-state index in [-0.39, 0.29) is 58.9 Å². The van der Waals surface area contributed by atoms with Gasteiger partial charge < -0.3 is 37.2 Å². The fourth-order valence-corrected chi connectivity index (χ4v) is 11.7. The quantitative estimate of drug-likeness (QED) is 0.128. The van der Waals surface area contributed by atoms with Crippen molar-refractivity contribution in [1.82, 2.24) is 0 Å². The minimum atomic E-state index is -2.63. The summed E-state index contributed by atoms with van der Waals surface area (Å²) in [6.07, 6.45) is 0. The molecule has 0 saturated carbocycles. The van der Waals surface area contributed by atoms with Crippen LogP contribution in [0.4, 0.5) is 0 Å². The third-order valence-electron chi connectivity index (χ3n) is 8.77. The molecule has 0 saturated heterocycles. The molecule has 41 heavy (non-hydrogen) atoms. The van der Waals surface area contributed by atoms with E-state index in [0.717, 1.165) is 0 Å². The van der Waals surface area contributed by atoms with Crippen molar-refractivity contribution < 1.29 is 58.9 Å². The van der Waals surface area contributed by atoms with Crippen LogP contribution in [0, 0.1) is 27.7 Å². The average molecular weight is 660 g/mol. The molecule has 0 heterocycles. The second-order valence-corrected chi connectivity index (χ2v) is 15.7. The molecule has 0 aliphatic carbocycles. The average Bonchev–Trinajstić information content (AvgIpc) is 3.08. The second kappa shape index (κ2) is 16.0. The molecule has 0 aromatic heterocycles. The van der Waals surface area contributed by atoms with Crippen LogP contribution in [0.3, 0.4) is 0 Å². The molecule has 0 amide bonds. The number of hydrogen-bond donors (Lipinski definition) is 0. The van der Waals surface area contributed by atoms with E-state index in [0.29, 0.717) is 17.8 Å². The van der Waals surface area contributed by atoms with E-state index in [1.807, 2.05) is 0 Å². The maximum Gasteiger partial charge on any atom is 4.00 e. The Kier molecular flexibility index (Phi) is 15.6. The fourth-order valence-electron chi connectivity index (χ4n) is 6.11. The maximum absolute atomic E-state index is 2.63. The van der Waals surface area contributed by atoms with E-state index in [4.69, 9.17) is 0 Å². The van der Waals surface area contributed by atoms with Crippen LogP contribution in [0.5, 0.6) is 0 Å². The summed E-state index contributed by atoms with van der Waals surface area (Å²) in [6, 6.07) is 28.7. The van der Waals surface area contributed by atoms with Crippen LogP contribution < -0.4 is 58.0 Å². The molecular weight excluding hydrogens is 615 g/mol. The van der Waals surface area contributed by atoms with E-state index in [2.05, 4.69) is 142 Å². The number of halogens is 3. The molecule has 0 aliphatic heterocycles. The van der Waals surface area contributed by atoms with E-state index in [9.17, 15) is 0 Å². The van der Waals surface area contributed by atoms with Crippen LogP contribution in [0.15, 0.2) is 72.8 Å². The van der Waals surface area contributed by atoms with Gasteiger partial charge in [0.1, 0.15) is 8.07 Å². The summed E-state index contributed by atoms with van der Waals surface area (Å²) in [6.45, 7) is 23.3. The molecule has 4 aromatic carbocycles. The van der Waals surface area contributed by atoms with Gasteiger partial charge in [0.2, 0.25) is 0 Å². The van der Waals surface area contributed by atoms with Gasteiger partial charge in [0.15, 0.2) is 0 Å². The van der Waals surface area contributed by atoms with Crippen molar-refractivity contribution >= 4 is 28.8 Å². The van der Waals surface area contributed by atoms with Crippen LogP contribution in [0.1, 0.15) is 98.2 Å². The Morgan fingerprint density at radius 1 is 0.488 bits per heavy atom. The van der Waals surface area contributed by atoms with Crippen molar-refractivity contribution in [2.45, 2.75) is 87.0 Å². The van der Waals surface area contributed by atoms with E-state index in [1.165, 1.54) is 54.5 Å². The molecule has 0 N–H and O–H groups in total. The summed E-state index contributed by atoms with van der Waals surface area (Å²) < 4.78 is 0. The van der Waals surface area contributed by atoms with Gasteiger partial charge in [0.25, 0.3) is 0 Å². The van der Waals surface area contributed by atoms with Crippen molar-refractivity contribution in [3.05, 3.63) is 112 Å². The molecule has 0 fully saturated rings. The Morgan fingerprint density at radius 3 is 1.00 bits per heavy atom. The van der Waals surface area contributed by atoms with Crippen molar-refractivity contribution in [1.29, 1.82) is 0 Å². The molecule has 0 aliphatic rings. The van der Waals surface area contributed by atoms with Gasteiger partial charge in [-0.25, -0.2) is 0 Å². The van der Waals surface area contributed by atoms with Crippen molar-refractivity contribution in [3.8, 4) is 0 Å². The first-order valence-electron chi connectivity index (χ1n) is 14.0. The molecular formula is C36H45Cl3SiTi. The zero-order valence-electron chi connectivity index (χ0n) is 26.3. The monoisotopic (exact) mass is 658 g/mol. The third kappa shape index (κ3) is 7.31. The maximum atomic E-state index is 2.54. The molecule has 0 spiro atoms. The van der Waals surface area contributed by atoms with Crippen LogP contribution in [-0.4, -0.2) is 8.07 Å². The molecule has 5 heteroatoms. The van der Waals surface area contributed by atoms with Crippen LogP contribution in [0.25, 0.3) is 0 Å². The minimum absolute atomic E-state index is 0. The van der Waals surface area contributed by atoms with Gasteiger partial charge in [-0.05, 0) is 34.4 Å². The number of rotatable bonds is 7. The predicted molar refractivity (Wildman–Crippen MR) is 167 cm³/mol. The zero-order chi connectivity index (χ0) is 27.1. The first kappa shape index (κ1) is 39.8. The fraction of sp³-hybridized carbons (Fsp3) is 0.361. The van der Waals surface area contributed by atoms with Gasteiger partial charge in [-0.2, -0.15) is 22.3 Å². The zero-order valence-corrected chi connectivity index (χ0v) is 31.1. The van der Waals surface area contributed by atoms with Gasteiger partial charge in [-0.3, -0.25) is 0 Å². The summed E-state index contributed by atoms with van der Waals surface area (Å²) in [5.41, 5.74) is 10.1. The summed E-state index contributed by atoms with van der Waals surface area (Å²) in [7, 11) is -2.63. The Balaban J connectivity index is 0.00000400. The standard InChI is InChI=1S/C36H45Si.3ClH.Ti/c1-23(2)30-14-11-17-33(20-30)37(34-18-12-15-31(21-34)24(3)4,35-19-13-16-32(22-35)25(5)6)36-28(9)26(7)27(8)29(36)10;;;;/h11-25H,1-10H3;3*1H;/q-1;;;;+4/p-3. The van der Waals surface area contributed by atoms with E-state index >= 15 is 0 Å². The summed E-state index contributed by atoms with van der Waals surface area (Å²) in [5, 5.41) is 6.08. The Bertz CT molecular complexity index is 1270. The van der Waals surface area contributed by atoms with Crippen molar-refractivity contribution in [2.24, 2.45) is 0 Å². The van der Waals surface area contributed by atoms with Gasteiger partial charge in [0.05, 0.1) is 0 Å². The van der Waals surface area contributed by atoms with Crippen molar-refractivity contribution in [3.63, 3.8) is 0 Å². The third-order valence-corrected chi connectivity index (χ3v) is 13.8.